The van der Waals surface area contributed by atoms with Gasteiger partial charge in [0.1, 0.15) is 12.4 Å². The second kappa shape index (κ2) is 8.88. The molecule has 1 aromatic heterocycles. The predicted octanol–water partition coefficient (Wildman–Crippen LogP) is 3.29. The first-order chi connectivity index (χ1) is 14.1. The Kier molecular flexibility index (Phi) is 6.06. The number of hydrogen-bond donors (Lipinski definition) is 1. The molecule has 0 spiro atoms. The number of benzene rings is 2. The maximum absolute atomic E-state index is 12.7. The van der Waals surface area contributed by atoms with E-state index in [2.05, 4.69) is 39.3 Å². The third-order valence-corrected chi connectivity index (χ3v) is 5.88. The highest BCUT2D eigenvalue weighted by molar-refractivity contribution is 7.97. The normalized spacial score (nSPS) is 15.0. The Morgan fingerprint density at radius 2 is 1.79 bits per heavy atom. The number of anilines is 2. The van der Waals surface area contributed by atoms with Crippen molar-refractivity contribution in [1.82, 2.24) is 14.5 Å². The standard InChI is InChI=1S/C22H27N5OS/c1-25-11-13-26(14-12-25)18-9-7-17(8-10-18)23-22(28)15-27-20-6-4-3-5-19(20)24-21(27)16-29-2/h3-10H,11-16H2,1-2H3,(H,23,28). The molecule has 1 aliphatic rings. The molecule has 7 heteroatoms. The number of carbonyl (C=O) groups is 1. The first kappa shape index (κ1) is 19.8. The van der Waals surface area contributed by atoms with Gasteiger partial charge in [-0.05, 0) is 49.7 Å². The Bertz CT molecular complexity index is 977. The summed E-state index contributed by atoms with van der Waals surface area (Å²) < 4.78 is 2.01. The van der Waals surface area contributed by atoms with Gasteiger partial charge in [-0.25, -0.2) is 4.98 Å². The second-order valence-electron chi connectivity index (χ2n) is 7.42. The van der Waals surface area contributed by atoms with E-state index in [1.165, 1.54) is 5.69 Å². The zero-order valence-electron chi connectivity index (χ0n) is 17.0. The van der Waals surface area contributed by atoms with Crippen LogP contribution < -0.4 is 10.2 Å². The summed E-state index contributed by atoms with van der Waals surface area (Å²) in [4.78, 5) is 22.1. The summed E-state index contributed by atoms with van der Waals surface area (Å²) in [6.45, 7) is 4.49. The number of nitrogens with zero attached hydrogens (tertiary/aromatic N) is 4. The number of imidazole rings is 1. The first-order valence-corrected chi connectivity index (χ1v) is 11.3. The highest BCUT2D eigenvalue weighted by Crippen LogP contribution is 2.21. The molecule has 1 aliphatic heterocycles. The molecule has 6 nitrogen and oxygen atoms in total. The number of rotatable bonds is 6. The molecule has 3 aromatic rings. The summed E-state index contributed by atoms with van der Waals surface area (Å²) in [5.41, 5.74) is 3.96. The molecule has 1 saturated heterocycles. The minimum atomic E-state index is -0.0390. The molecule has 0 aliphatic carbocycles. The van der Waals surface area contributed by atoms with Gasteiger partial charge >= 0.3 is 0 Å². The smallest absolute Gasteiger partial charge is 0.244 e. The average molecular weight is 410 g/mol. The fourth-order valence-electron chi connectivity index (χ4n) is 3.71. The van der Waals surface area contributed by atoms with Crippen molar-refractivity contribution >= 4 is 40.1 Å². The molecule has 1 N–H and O–H groups in total. The van der Waals surface area contributed by atoms with Crippen molar-refractivity contribution in [3.05, 3.63) is 54.4 Å². The van der Waals surface area contributed by atoms with Crippen LogP contribution in [0.25, 0.3) is 11.0 Å². The van der Waals surface area contributed by atoms with Crippen molar-refractivity contribution in [2.24, 2.45) is 0 Å². The van der Waals surface area contributed by atoms with Crippen LogP contribution in [0.4, 0.5) is 11.4 Å². The molecule has 29 heavy (non-hydrogen) atoms. The number of hydrogen-bond acceptors (Lipinski definition) is 5. The zero-order chi connectivity index (χ0) is 20.2. The molecule has 0 atom stereocenters. The number of piperazine rings is 1. The number of carbonyl (C=O) groups excluding carboxylic acids is 1. The first-order valence-electron chi connectivity index (χ1n) is 9.90. The van der Waals surface area contributed by atoms with Gasteiger partial charge in [0.25, 0.3) is 0 Å². The number of fused-ring (bicyclic) bond motifs is 1. The average Bonchev–Trinajstić information content (AvgIpc) is 3.07. The molecule has 1 amide bonds. The highest BCUT2D eigenvalue weighted by atomic mass is 32.2. The van der Waals surface area contributed by atoms with Gasteiger partial charge in [0, 0.05) is 37.6 Å². The van der Waals surface area contributed by atoms with Crippen LogP contribution in [0.15, 0.2) is 48.5 Å². The fourth-order valence-corrected chi connectivity index (χ4v) is 4.18. The summed E-state index contributed by atoms with van der Waals surface area (Å²) in [5.74, 6) is 1.67. The number of aromatic nitrogens is 2. The third kappa shape index (κ3) is 4.57. The molecule has 2 heterocycles. The molecular formula is C22H27N5OS. The van der Waals surface area contributed by atoms with Gasteiger partial charge in [-0.2, -0.15) is 11.8 Å². The molecule has 152 valence electrons. The van der Waals surface area contributed by atoms with E-state index < -0.39 is 0 Å². The fraction of sp³-hybridized carbons (Fsp3) is 0.364. The maximum Gasteiger partial charge on any atom is 0.244 e. The van der Waals surface area contributed by atoms with Crippen molar-refractivity contribution in [3.63, 3.8) is 0 Å². The van der Waals surface area contributed by atoms with Gasteiger partial charge in [0.15, 0.2) is 0 Å². The van der Waals surface area contributed by atoms with Crippen molar-refractivity contribution in [1.29, 1.82) is 0 Å². The van der Waals surface area contributed by atoms with E-state index in [9.17, 15) is 4.79 Å². The van der Waals surface area contributed by atoms with Crippen LogP contribution in [-0.2, 0) is 17.1 Å². The van der Waals surface area contributed by atoms with Crippen LogP contribution in [0.1, 0.15) is 5.82 Å². The van der Waals surface area contributed by atoms with Gasteiger partial charge in [-0.15, -0.1) is 0 Å². The van der Waals surface area contributed by atoms with Gasteiger partial charge in [0.2, 0.25) is 5.91 Å². The molecule has 0 unspecified atom stereocenters. The van der Waals surface area contributed by atoms with Crippen LogP contribution in [0.2, 0.25) is 0 Å². The van der Waals surface area contributed by atoms with Crippen LogP contribution in [0.3, 0.4) is 0 Å². The minimum Gasteiger partial charge on any atom is -0.369 e. The Hall–Kier alpha value is -2.51. The monoisotopic (exact) mass is 409 g/mol. The Balaban J connectivity index is 1.44. The number of nitrogens with one attached hydrogen (secondary N) is 1. The lowest BCUT2D eigenvalue weighted by Gasteiger charge is -2.34. The van der Waals surface area contributed by atoms with E-state index in [1.54, 1.807) is 11.8 Å². The summed E-state index contributed by atoms with van der Waals surface area (Å²) in [6, 6.07) is 16.1. The Labute approximate surface area is 175 Å². The highest BCUT2D eigenvalue weighted by Gasteiger charge is 2.15. The zero-order valence-corrected chi connectivity index (χ0v) is 17.8. The number of para-hydroxylation sites is 2. The lowest BCUT2D eigenvalue weighted by Crippen LogP contribution is -2.44. The van der Waals surface area contributed by atoms with Crippen LogP contribution >= 0.6 is 11.8 Å². The van der Waals surface area contributed by atoms with E-state index in [-0.39, 0.29) is 12.5 Å². The third-order valence-electron chi connectivity index (χ3n) is 5.33. The second-order valence-corrected chi connectivity index (χ2v) is 8.29. The van der Waals surface area contributed by atoms with E-state index in [0.29, 0.717) is 0 Å². The number of amides is 1. The van der Waals surface area contributed by atoms with Crippen LogP contribution in [0.5, 0.6) is 0 Å². The van der Waals surface area contributed by atoms with Gasteiger partial charge in [-0.1, -0.05) is 12.1 Å². The van der Waals surface area contributed by atoms with E-state index in [0.717, 1.165) is 54.5 Å². The number of likely N-dealkylation sites (N-methyl/N-ethyl adjacent to an activating group) is 1. The van der Waals surface area contributed by atoms with E-state index in [1.807, 2.05) is 47.2 Å². The summed E-state index contributed by atoms with van der Waals surface area (Å²) in [6.07, 6.45) is 2.05. The molecule has 0 saturated carbocycles. The molecule has 0 radical (unpaired) electrons. The Morgan fingerprint density at radius 3 is 2.52 bits per heavy atom. The lowest BCUT2D eigenvalue weighted by atomic mass is 10.2. The topological polar surface area (TPSA) is 53.4 Å². The Morgan fingerprint density at radius 1 is 1.07 bits per heavy atom. The van der Waals surface area contributed by atoms with Crippen molar-refractivity contribution in [2.45, 2.75) is 12.3 Å². The molecule has 2 aromatic carbocycles. The molecular weight excluding hydrogens is 382 g/mol. The molecule has 4 rings (SSSR count). The minimum absolute atomic E-state index is 0.0390. The van der Waals surface area contributed by atoms with Crippen LogP contribution in [0, 0.1) is 0 Å². The molecule has 1 fully saturated rings. The summed E-state index contributed by atoms with van der Waals surface area (Å²) in [5, 5.41) is 3.03. The van der Waals surface area contributed by atoms with Gasteiger partial charge in [0.05, 0.1) is 16.8 Å². The SMILES string of the molecule is CSCc1nc2ccccc2n1CC(=O)Nc1ccc(N2CCN(C)CC2)cc1. The predicted molar refractivity (Wildman–Crippen MR) is 122 cm³/mol. The van der Waals surface area contributed by atoms with Gasteiger partial charge in [-0.3, -0.25) is 4.79 Å². The lowest BCUT2D eigenvalue weighted by molar-refractivity contribution is -0.116. The quantitative estimate of drug-likeness (QED) is 0.677. The maximum atomic E-state index is 12.7. The summed E-state index contributed by atoms with van der Waals surface area (Å²) >= 11 is 1.71. The van der Waals surface area contributed by atoms with Crippen molar-refractivity contribution in [3.8, 4) is 0 Å². The van der Waals surface area contributed by atoms with Crippen molar-refractivity contribution in [2.75, 3.05) is 49.7 Å². The van der Waals surface area contributed by atoms with E-state index >= 15 is 0 Å². The largest absolute Gasteiger partial charge is 0.369 e. The van der Waals surface area contributed by atoms with Crippen LogP contribution in [-0.4, -0.2) is 59.8 Å². The van der Waals surface area contributed by atoms with Gasteiger partial charge < -0.3 is 19.7 Å². The van der Waals surface area contributed by atoms with E-state index in [4.69, 9.17) is 0 Å². The molecule has 0 bridgehead atoms. The number of thioether (sulfide) groups is 1. The van der Waals surface area contributed by atoms with Crippen molar-refractivity contribution < 1.29 is 4.79 Å². The summed E-state index contributed by atoms with van der Waals surface area (Å²) in [7, 11) is 2.16.